The molecule has 0 aliphatic heterocycles. The molecule has 4 N–H and O–H groups in total. The van der Waals surface area contributed by atoms with E-state index in [0.29, 0.717) is 29.9 Å². The lowest BCUT2D eigenvalue weighted by molar-refractivity contribution is 0.258. The number of nitrogen functional groups attached to an aromatic ring is 1. The van der Waals surface area contributed by atoms with Gasteiger partial charge in [-0.3, -0.25) is 0 Å². The fourth-order valence-electron chi connectivity index (χ4n) is 1.71. The van der Waals surface area contributed by atoms with Gasteiger partial charge in [0, 0.05) is 13.2 Å². The summed E-state index contributed by atoms with van der Waals surface area (Å²) in [6.07, 6.45) is 4.11. The molecule has 19 heavy (non-hydrogen) atoms. The van der Waals surface area contributed by atoms with Crippen LogP contribution < -0.4 is 15.8 Å². The molecule has 108 valence electrons. The van der Waals surface area contributed by atoms with Crippen molar-refractivity contribution in [1.82, 2.24) is 9.97 Å². The molecule has 1 atom stereocenters. The molecule has 1 aromatic rings. The van der Waals surface area contributed by atoms with Crippen LogP contribution in [0.2, 0.25) is 0 Å². The summed E-state index contributed by atoms with van der Waals surface area (Å²) in [6.45, 7) is 5.64. The molecule has 0 saturated carbocycles. The summed E-state index contributed by atoms with van der Waals surface area (Å²) in [7, 11) is 0. The monoisotopic (exact) mass is 268 g/mol. The van der Waals surface area contributed by atoms with E-state index >= 15 is 0 Å². The number of nitrogens with zero attached hydrogens (tertiary/aromatic N) is 2. The molecule has 6 heteroatoms. The van der Waals surface area contributed by atoms with E-state index in [-0.39, 0.29) is 6.61 Å². The Balaban J connectivity index is 2.62. The second-order valence-corrected chi connectivity index (χ2v) is 4.46. The molecule has 1 heterocycles. The Kier molecular flexibility index (Phi) is 6.95. The Hall–Kier alpha value is -1.56. The van der Waals surface area contributed by atoms with E-state index < -0.39 is 0 Å². The molecule has 6 nitrogen and oxygen atoms in total. The third kappa shape index (κ3) is 4.90. The van der Waals surface area contributed by atoms with Gasteiger partial charge in [0.05, 0.1) is 6.61 Å². The van der Waals surface area contributed by atoms with Crippen LogP contribution in [-0.4, -0.2) is 34.8 Å². The first-order valence-electron chi connectivity index (χ1n) is 6.80. The van der Waals surface area contributed by atoms with Crippen molar-refractivity contribution in [3.05, 3.63) is 6.33 Å². The molecule has 0 aliphatic rings. The minimum absolute atomic E-state index is 0.199. The number of nitrogens with one attached hydrogen (secondary N) is 1. The summed E-state index contributed by atoms with van der Waals surface area (Å²) in [5.74, 6) is 1.42. The van der Waals surface area contributed by atoms with E-state index in [4.69, 9.17) is 15.6 Å². The number of aliphatic hydroxyl groups is 1. The van der Waals surface area contributed by atoms with Gasteiger partial charge in [-0.1, -0.05) is 20.3 Å². The molecule has 1 rings (SSSR count). The van der Waals surface area contributed by atoms with Gasteiger partial charge >= 0.3 is 0 Å². The molecule has 1 aromatic heterocycles. The Morgan fingerprint density at radius 3 is 2.84 bits per heavy atom. The van der Waals surface area contributed by atoms with Gasteiger partial charge in [0.1, 0.15) is 12.0 Å². The summed E-state index contributed by atoms with van der Waals surface area (Å²) in [4.78, 5) is 8.15. The van der Waals surface area contributed by atoms with Crippen LogP contribution in [0, 0.1) is 5.92 Å². The van der Waals surface area contributed by atoms with Gasteiger partial charge in [0.2, 0.25) is 5.88 Å². The number of ether oxygens (including phenoxy) is 1. The van der Waals surface area contributed by atoms with E-state index in [9.17, 15) is 0 Å². The highest BCUT2D eigenvalue weighted by Crippen LogP contribution is 2.25. The second-order valence-electron chi connectivity index (χ2n) is 4.46. The van der Waals surface area contributed by atoms with Crippen LogP contribution in [-0.2, 0) is 0 Å². The Bertz CT molecular complexity index is 374. The van der Waals surface area contributed by atoms with Gasteiger partial charge in [-0.05, 0) is 18.8 Å². The molecular formula is C13H24N4O2. The molecule has 0 aromatic carbocycles. The van der Waals surface area contributed by atoms with Crippen LogP contribution in [0.3, 0.4) is 0 Å². The van der Waals surface area contributed by atoms with Crippen molar-refractivity contribution in [3.8, 4) is 5.88 Å². The SMILES string of the molecule is CCCOc1ncnc(NCC(CC)CCO)c1N. The summed E-state index contributed by atoms with van der Waals surface area (Å²) in [6, 6.07) is 0. The maximum atomic E-state index is 8.96. The van der Waals surface area contributed by atoms with Crippen molar-refractivity contribution in [2.75, 3.05) is 30.8 Å². The van der Waals surface area contributed by atoms with Crippen LogP contribution >= 0.6 is 0 Å². The normalized spacial score (nSPS) is 12.2. The molecule has 0 bridgehead atoms. The maximum absolute atomic E-state index is 8.96. The second kappa shape index (κ2) is 8.53. The van der Waals surface area contributed by atoms with Crippen LogP contribution in [0.4, 0.5) is 11.5 Å². The van der Waals surface area contributed by atoms with E-state index in [2.05, 4.69) is 22.2 Å². The Labute approximate surface area is 114 Å². The standard InChI is InChI=1S/C13H24N4O2/c1-3-7-19-13-11(14)12(16-9-17-13)15-8-10(4-2)5-6-18/h9-10,18H,3-8,14H2,1-2H3,(H,15,16,17). The number of aromatic nitrogens is 2. The van der Waals surface area contributed by atoms with Crippen molar-refractivity contribution >= 4 is 11.5 Å². The van der Waals surface area contributed by atoms with Gasteiger partial charge in [0.15, 0.2) is 5.82 Å². The number of hydrogen-bond acceptors (Lipinski definition) is 6. The topological polar surface area (TPSA) is 93.3 Å². The first-order valence-corrected chi connectivity index (χ1v) is 6.80. The van der Waals surface area contributed by atoms with Crippen LogP contribution in [0.5, 0.6) is 5.88 Å². The van der Waals surface area contributed by atoms with E-state index in [1.807, 2.05) is 6.92 Å². The summed E-state index contributed by atoms with van der Waals surface area (Å²) >= 11 is 0. The van der Waals surface area contributed by atoms with Gasteiger partial charge in [-0.15, -0.1) is 0 Å². The first kappa shape index (κ1) is 15.5. The summed E-state index contributed by atoms with van der Waals surface area (Å²) < 4.78 is 5.45. The van der Waals surface area contributed by atoms with Crippen LogP contribution in [0.15, 0.2) is 6.33 Å². The highest BCUT2D eigenvalue weighted by Gasteiger charge is 2.11. The van der Waals surface area contributed by atoms with Crippen molar-refractivity contribution in [2.45, 2.75) is 33.1 Å². The van der Waals surface area contributed by atoms with Gasteiger partial charge < -0.3 is 20.9 Å². The lowest BCUT2D eigenvalue weighted by atomic mass is 10.0. The Morgan fingerprint density at radius 1 is 1.42 bits per heavy atom. The molecule has 0 saturated heterocycles. The molecule has 0 fully saturated rings. The quantitative estimate of drug-likeness (QED) is 0.631. The number of anilines is 2. The molecule has 0 spiro atoms. The molecular weight excluding hydrogens is 244 g/mol. The number of rotatable bonds is 9. The first-order chi connectivity index (χ1) is 9.22. The predicted octanol–water partition coefficient (Wildman–Crippen LogP) is 1.67. The molecule has 0 aliphatic carbocycles. The lowest BCUT2D eigenvalue weighted by Gasteiger charge is -2.16. The average molecular weight is 268 g/mol. The highest BCUT2D eigenvalue weighted by atomic mass is 16.5. The minimum Gasteiger partial charge on any atom is -0.476 e. The number of nitrogens with two attached hydrogens (primary N) is 1. The number of aliphatic hydroxyl groups excluding tert-OH is 1. The maximum Gasteiger partial charge on any atom is 0.242 e. The lowest BCUT2D eigenvalue weighted by Crippen LogP contribution is -2.17. The van der Waals surface area contributed by atoms with Gasteiger partial charge in [0.25, 0.3) is 0 Å². The van der Waals surface area contributed by atoms with Crippen molar-refractivity contribution in [1.29, 1.82) is 0 Å². The molecule has 0 amide bonds. The fraction of sp³-hybridized carbons (Fsp3) is 0.692. The average Bonchev–Trinajstić information content (AvgIpc) is 2.43. The van der Waals surface area contributed by atoms with Crippen LogP contribution in [0.1, 0.15) is 33.1 Å². The predicted molar refractivity (Wildman–Crippen MR) is 76.2 cm³/mol. The summed E-state index contributed by atoms with van der Waals surface area (Å²) in [5, 5.41) is 12.2. The minimum atomic E-state index is 0.199. The van der Waals surface area contributed by atoms with E-state index in [1.54, 1.807) is 0 Å². The third-order valence-corrected chi connectivity index (χ3v) is 2.96. The van der Waals surface area contributed by atoms with Gasteiger partial charge in [-0.25, -0.2) is 4.98 Å². The van der Waals surface area contributed by atoms with E-state index in [0.717, 1.165) is 25.8 Å². The highest BCUT2D eigenvalue weighted by molar-refractivity contribution is 5.66. The van der Waals surface area contributed by atoms with Crippen LogP contribution in [0.25, 0.3) is 0 Å². The van der Waals surface area contributed by atoms with Crippen molar-refractivity contribution < 1.29 is 9.84 Å². The van der Waals surface area contributed by atoms with E-state index in [1.165, 1.54) is 6.33 Å². The zero-order valence-electron chi connectivity index (χ0n) is 11.7. The Morgan fingerprint density at radius 2 is 2.21 bits per heavy atom. The largest absolute Gasteiger partial charge is 0.476 e. The molecule has 0 radical (unpaired) electrons. The zero-order valence-corrected chi connectivity index (χ0v) is 11.7. The van der Waals surface area contributed by atoms with Gasteiger partial charge in [-0.2, -0.15) is 4.98 Å². The number of hydrogen-bond donors (Lipinski definition) is 3. The smallest absolute Gasteiger partial charge is 0.242 e. The summed E-state index contributed by atoms with van der Waals surface area (Å²) in [5.41, 5.74) is 6.40. The van der Waals surface area contributed by atoms with Crippen molar-refractivity contribution in [2.24, 2.45) is 5.92 Å². The van der Waals surface area contributed by atoms with Crippen molar-refractivity contribution in [3.63, 3.8) is 0 Å². The third-order valence-electron chi connectivity index (χ3n) is 2.96. The zero-order chi connectivity index (χ0) is 14.1. The fourth-order valence-corrected chi connectivity index (χ4v) is 1.71. The molecule has 1 unspecified atom stereocenters.